The van der Waals surface area contributed by atoms with E-state index in [2.05, 4.69) is 10.5 Å². The van der Waals surface area contributed by atoms with Crippen molar-refractivity contribution in [2.75, 3.05) is 6.54 Å². The molecule has 1 rings (SSSR count). The topological polar surface area (TPSA) is 87.7 Å². The van der Waals surface area contributed by atoms with Crippen molar-refractivity contribution in [3.8, 4) is 0 Å². The van der Waals surface area contributed by atoms with Crippen LogP contribution in [0.5, 0.6) is 0 Å². The summed E-state index contributed by atoms with van der Waals surface area (Å²) in [5, 5.41) is 14.9. The Kier molecular flexibility index (Phi) is 6.82. The van der Waals surface area contributed by atoms with Gasteiger partial charge in [0.2, 0.25) is 5.91 Å². The molecule has 0 bridgehead atoms. The maximum atomic E-state index is 12.4. The first kappa shape index (κ1) is 16.8. The molecule has 1 aliphatic carbocycles. The van der Waals surface area contributed by atoms with E-state index in [9.17, 15) is 4.79 Å². The van der Waals surface area contributed by atoms with Crippen LogP contribution in [0, 0.1) is 11.3 Å². The fourth-order valence-electron chi connectivity index (χ4n) is 3.18. The SMILES string of the molecule is CCC(CC)(C(=O)NCCC1CCCCC1)C(N)=NO. The Morgan fingerprint density at radius 3 is 2.40 bits per heavy atom. The zero-order valence-corrected chi connectivity index (χ0v) is 12.8. The molecule has 0 spiro atoms. The van der Waals surface area contributed by atoms with Crippen molar-refractivity contribution >= 4 is 11.7 Å². The lowest BCUT2D eigenvalue weighted by atomic mass is 9.80. The summed E-state index contributed by atoms with van der Waals surface area (Å²) in [7, 11) is 0. The zero-order valence-electron chi connectivity index (χ0n) is 12.8. The number of oxime groups is 1. The van der Waals surface area contributed by atoms with Crippen LogP contribution in [0.2, 0.25) is 0 Å². The molecule has 20 heavy (non-hydrogen) atoms. The summed E-state index contributed by atoms with van der Waals surface area (Å²) in [6, 6.07) is 0. The first-order valence-corrected chi connectivity index (χ1v) is 7.87. The van der Waals surface area contributed by atoms with E-state index in [4.69, 9.17) is 10.9 Å². The second-order valence-electron chi connectivity index (χ2n) is 5.82. The van der Waals surface area contributed by atoms with Gasteiger partial charge < -0.3 is 16.3 Å². The molecule has 1 amide bonds. The highest BCUT2D eigenvalue weighted by Gasteiger charge is 2.39. The Morgan fingerprint density at radius 2 is 1.90 bits per heavy atom. The Morgan fingerprint density at radius 1 is 1.30 bits per heavy atom. The third-order valence-corrected chi connectivity index (χ3v) is 4.80. The number of carbonyl (C=O) groups excluding carboxylic acids is 1. The maximum Gasteiger partial charge on any atom is 0.233 e. The van der Waals surface area contributed by atoms with E-state index >= 15 is 0 Å². The summed E-state index contributed by atoms with van der Waals surface area (Å²) in [5.74, 6) is 0.636. The molecule has 0 aliphatic heterocycles. The number of hydrogen-bond donors (Lipinski definition) is 3. The van der Waals surface area contributed by atoms with Crippen molar-refractivity contribution in [3.05, 3.63) is 0 Å². The molecule has 4 N–H and O–H groups in total. The van der Waals surface area contributed by atoms with Gasteiger partial charge in [0.25, 0.3) is 0 Å². The van der Waals surface area contributed by atoms with Crippen LogP contribution in [-0.2, 0) is 4.79 Å². The second-order valence-corrected chi connectivity index (χ2v) is 5.82. The predicted molar refractivity (Wildman–Crippen MR) is 80.6 cm³/mol. The average Bonchev–Trinajstić information content (AvgIpc) is 2.49. The minimum absolute atomic E-state index is 0.0117. The first-order valence-electron chi connectivity index (χ1n) is 7.87. The predicted octanol–water partition coefficient (Wildman–Crippen LogP) is 2.63. The van der Waals surface area contributed by atoms with Crippen molar-refractivity contribution in [2.24, 2.45) is 22.2 Å². The van der Waals surface area contributed by atoms with E-state index in [0.717, 1.165) is 12.3 Å². The molecular formula is C15H29N3O2. The summed E-state index contributed by atoms with van der Waals surface area (Å²) in [5.41, 5.74) is 4.85. The molecule has 0 saturated heterocycles. The van der Waals surface area contributed by atoms with Crippen LogP contribution in [0.3, 0.4) is 0 Å². The lowest BCUT2D eigenvalue weighted by Gasteiger charge is -2.29. The van der Waals surface area contributed by atoms with Crippen molar-refractivity contribution in [1.82, 2.24) is 5.32 Å². The lowest BCUT2D eigenvalue weighted by molar-refractivity contribution is -0.128. The van der Waals surface area contributed by atoms with Gasteiger partial charge in [0.05, 0.1) is 0 Å². The molecule has 0 atom stereocenters. The second kappa shape index (κ2) is 8.12. The number of rotatable bonds is 7. The highest BCUT2D eigenvalue weighted by atomic mass is 16.4. The fourth-order valence-corrected chi connectivity index (χ4v) is 3.18. The smallest absolute Gasteiger partial charge is 0.233 e. The number of nitrogens with zero attached hydrogens (tertiary/aromatic N) is 1. The van der Waals surface area contributed by atoms with Gasteiger partial charge >= 0.3 is 0 Å². The van der Waals surface area contributed by atoms with E-state index in [0.29, 0.717) is 19.4 Å². The van der Waals surface area contributed by atoms with Crippen LogP contribution in [-0.4, -0.2) is 23.5 Å². The molecule has 5 nitrogen and oxygen atoms in total. The third kappa shape index (κ3) is 3.87. The maximum absolute atomic E-state index is 12.4. The number of amidine groups is 1. The Hall–Kier alpha value is -1.26. The van der Waals surface area contributed by atoms with Crippen LogP contribution in [0.4, 0.5) is 0 Å². The largest absolute Gasteiger partial charge is 0.409 e. The molecule has 1 aliphatic rings. The first-order chi connectivity index (χ1) is 9.60. The van der Waals surface area contributed by atoms with Gasteiger partial charge in [-0.05, 0) is 25.2 Å². The van der Waals surface area contributed by atoms with E-state index in [-0.39, 0.29) is 11.7 Å². The van der Waals surface area contributed by atoms with Crippen molar-refractivity contribution in [2.45, 2.75) is 65.2 Å². The zero-order chi connectivity index (χ0) is 15.0. The molecule has 116 valence electrons. The van der Waals surface area contributed by atoms with Gasteiger partial charge in [0.1, 0.15) is 5.41 Å². The minimum atomic E-state index is -0.874. The van der Waals surface area contributed by atoms with E-state index in [1.807, 2.05) is 13.8 Å². The van der Waals surface area contributed by atoms with Gasteiger partial charge in [-0.25, -0.2) is 0 Å². The van der Waals surface area contributed by atoms with Crippen LogP contribution in [0.1, 0.15) is 65.2 Å². The van der Waals surface area contributed by atoms with Crippen molar-refractivity contribution in [1.29, 1.82) is 0 Å². The van der Waals surface area contributed by atoms with E-state index < -0.39 is 5.41 Å². The van der Waals surface area contributed by atoms with E-state index in [1.54, 1.807) is 0 Å². The lowest BCUT2D eigenvalue weighted by Crippen LogP contribution is -2.49. The van der Waals surface area contributed by atoms with Gasteiger partial charge in [-0.1, -0.05) is 51.1 Å². The van der Waals surface area contributed by atoms with Crippen LogP contribution in [0.25, 0.3) is 0 Å². The number of hydrogen-bond acceptors (Lipinski definition) is 3. The average molecular weight is 283 g/mol. The molecule has 0 unspecified atom stereocenters. The summed E-state index contributed by atoms with van der Waals surface area (Å²) in [4.78, 5) is 12.4. The van der Waals surface area contributed by atoms with Crippen molar-refractivity contribution in [3.63, 3.8) is 0 Å². The van der Waals surface area contributed by atoms with Crippen LogP contribution in [0.15, 0.2) is 5.16 Å². The summed E-state index contributed by atoms with van der Waals surface area (Å²) in [6.07, 6.45) is 8.65. The fraction of sp³-hybridized carbons (Fsp3) is 0.867. The van der Waals surface area contributed by atoms with Gasteiger partial charge in [0, 0.05) is 6.54 Å². The quantitative estimate of drug-likeness (QED) is 0.290. The highest BCUT2D eigenvalue weighted by Crippen LogP contribution is 2.28. The van der Waals surface area contributed by atoms with Crippen LogP contribution >= 0.6 is 0 Å². The third-order valence-electron chi connectivity index (χ3n) is 4.80. The Balaban J connectivity index is 2.50. The molecule has 5 heteroatoms. The normalized spacial score (nSPS) is 18.0. The number of nitrogens with one attached hydrogen (secondary N) is 1. The molecule has 0 heterocycles. The van der Waals surface area contributed by atoms with Crippen LogP contribution < -0.4 is 11.1 Å². The monoisotopic (exact) mass is 283 g/mol. The highest BCUT2D eigenvalue weighted by molar-refractivity contribution is 6.06. The molecule has 1 saturated carbocycles. The van der Waals surface area contributed by atoms with Gasteiger partial charge in [-0.3, -0.25) is 4.79 Å². The summed E-state index contributed by atoms with van der Waals surface area (Å²) < 4.78 is 0. The van der Waals surface area contributed by atoms with E-state index in [1.165, 1.54) is 32.1 Å². The van der Waals surface area contributed by atoms with Gasteiger partial charge in [-0.2, -0.15) is 0 Å². The standard InChI is InChI=1S/C15H29N3O2/c1-3-15(4-2,13(16)18-20)14(19)17-11-10-12-8-6-5-7-9-12/h12,20H,3-11H2,1-2H3,(H2,16,18)(H,17,19). The molecular weight excluding hydrogens is 254 g/mol. The molecule has 0 aromatic rings. The number of amides is 1. The minimum Gasteiger partial charge on any atom is -0.409 e. The van der Waals surface area contributed by atoms with Gasteiger partial charge in [0.15, 0.2) is 5.84 Å². The molecule has 0 aromatic heterocycles. The van der Waals surface area contributed by atoms with Crippen molar-refractivity contribution < 1.29 is 10.0 Å². The number of carbonyl (C=O) groups is 1. The molecule has 0 radical (unpaired) electrons. The van der Waals surface area contributed by atoms with Gasteiger partial charge in [-0.15, -0.1) is 0 Å². The molecule has 0 aromatic carbocycles. The molecule has 1 fully saturated rings. The number of nitrogens with two attached hydrogens (primary N) is 1. The Labute approximate surface area is 122 Å². The summed E-state index contributed by atoms with van der Waals surface area (Å²) in [6.45, 7) is 4.47. The summed E-state index contributed by atoms with van der Waals surface area (Å²) >= 11 is 0. The Bertz CT molecular complexity index is 332.